The van der Waals surface area contributed by atoms with Crippen LogP contribution < -0.4 is 0 Å². The fourth-order valence-corrected chi connectivity index (χ4v) is 3.85. The maximum absolute atomic E-state index is 11.3. The Bertz CT molecular complexity index is 255. The number of fused-ring (bicyclic) bond motifs is 1. The maximum atomic E-state index is 11.3. The first-order chi connectivity index (χ1) is 4.62. The van der Waals surface area contributed by atoms with Crippen LogP contribution in [0.1, 0.15) is 19.3 Å². The van der Waals surface area contributed by atoms with Gasteiger partial charge in [-0.05, 0) is 25.2 Å². The van der Waals surface area contributed by atoms with Crippen molar-refractivity contribution in [3.05, 3.63) is 0 Å². The maximum Gasteiger partial charge on any atom is 0.276 e. The predicted octanol–water partition coefficient (Wildman–Crippen LogP) is 0.621. The Morgan fingerprint density at radius 1 is 1.60 bits per heavy atom. The average Bonchev–Trinajstić information content (AvgIpc) is 2.37. The smallest absolute Gasteiger partial charge is 0.241 e. The van der Waals surface area contributed by atoms with E-state index in [0.717, 1.165) is 19.3 Å². The Hall–Kier alpha value is 0.0149. The van der Waals surface area contributed by atoms with Crippen LogP contribution in [0.3, 0.4) is 0 Å². The average molecular weight is 157 g/mol. The summed E-state index contributed by atoms with van der Waals surface area (Å²) in [5, 5.41) is 0. The van der Waals surface area contributed by atoms with E-state index < -0.39 is 9.69 Å². The molecule has 0 heterocycles. The third-order valence-electron chi connectivity index (χ3n) is 2.97. The molecule has 1 radical (unpaired) electrons. The van der Waals surface area contributed by atoms with Crippen molar-refractivity contribution < 1.29 is 8.42 Å². The van der Waals surface area contributed by atoms with E-state index in [1.807, 2.05) is 0 Å². The van der Waals surface area contributed by atoms with Gasteiger partial charge < -0.3 is 0 Å². The Morgan fingerprint density at radius 3 is 2.40 bits per heavy atom. The third kappa shape index (κ3) is 0.540. The summed E-state index contributed by atoms with van der Waals surface area (Å²) in [5.74, 6) is 0.522. The summed E-state index contributed by atoms with van der Waals surface area (Å²) in [6.45, 7) is 2.99. The largest absolute Gasteiger partial charge is 0.276 e. The number of hydrogen-bond acceptors (Lipinski definition) is 2. The van der Waals surface area contributed by atoms with Gasteiger partial charge in [0.1, 0.15) is 9.69 Å². The topological polar surface area (TPSA) is 34.1 Å². The predicted molar refractivity (Wildman–Crippen MR) is 40.6 cm³/mol. The lowest BCUT2D eigenvalue weighted by atomic mass is 10.00. The van der Waals surface area contributed by atoms with Crippen molar-refractivity contribution in [2.24, 2.45) is 5.92 Å². The molecule has 2 fully saturated rings. The van der Waals surface area contributed by atoms with Crippen molar-refractivity contribution in [2.75, 3.05) is 0 Å². The van der Waals surface area contributed by atoms with E-state index in [0.29, 0.717) is 5.92 Å². The zero-order valence-electron chi connectivity index (χ0n) is 6.00. The lowest BCUT2D eigenvalue weighted by molar-refractivity contribution is 0.470. The van der Waals surface area contributed by atoms with Crippen LogP contribution in [0.4, 0.5) is 0 Å². The summed E-state index contributed by atoms with van der Waals surface area (Å²) < 4.78 is 22.3. The van der Waals surface area contributed by atoms with Gasteiger partial charge in [-0.3, -0.25) is 0 Å². The molecule has 0 N–H and O–H groups in total. The molecule has 2 rings (SSSR count). The molecule has 2 nitrogen and oxygen atoms in total. The van der Waals surface area contributed by atoms with Crippen molar-refractivity contribution in [3.8, 4) is 0 Å². The molecule has 0 aromatic rings. The highest BCUT2D eigenvalue weighted by atomic mass is 32.2. The second kappa shape index (κ2) is 1.60. The van der Waals surface area contributed by atoms with Gasteiger partial charge in [-0.25, -0.2) is 8.42 Å². The highest BCUT2D eigenvalue weighted by Crippen LogP contribution is 2.64. The molecule has 0 bridgehead atoms. The van der Waals surface area contributed by atoms with Crippen LogP contribution in [0.5, 0.6) is 0 Å². The van der Waals surface area contributed by atoms with E-state index in [1.165, 1.54) is 6.56 Å². The van der Waals surface area contributed by atoms with Crippen molar-refractivity contribution in [1.82, 2.24) is 0 Å². The highest BCUT2D eigenvalue weighted by Gasteiger charge is 2.67. The molecule has 2 aliphatic carbocycles. The summed E-state index contributed by atoms with van der Waals surface area (Å²) in [6.07, 6.45) is 2.97. The molecule has 2 saturated carbocycles. The summed E-state index contributed by atoms with van der Waals surface area (Å²) >= 11 is 0. The van der Waals surface area contributed by atoms with Crippen molar-refractivity contribution >= 4 is 16.2 Å². The minimum atomic E-state index is -2.81. The van der Waals surface area contributed by atoms with E-state index in [9.17, 15) is 8.42 Å². The summed E-state index contributed by atoms with van der Waals surface area (Å²) in [7, 11) is -2.81. The van der Waals surface area contributed by atoms with Crippen LogP contribution in [-0.2, 0) is 9.69 Å². The molecule has 10 heavy (non-hydrogen) atoms. The first-order valence-corrected chi connectivity index (χ1v) is 5.21. The molecule has 0 aromatic carbocycles. The molecule has 55 valence electrons. The minimum absolute atomic E-state index is 0.248. The monoisotopic (exact) mass is 157 g/mol. The number of rotatable bonds is 2. The zero-order chi connectivity index (χ0) is 7.41. The van der Waals surface area contributed by atoms with Crippen LogP contribution in [0.15, 0.2) is 0 Å². The minimum Gasteiger partial charge on any atom is -0.241 e. The molecule has 0 amide bonds. The Balaban J connectivity index is 2.28. The molecular weight excluding hydrogens is 147 g/mol. The molecule has 4 heteroatoms. The SMILES string of the molecule is C[B]S(=O)(=O)C12CCC1C2. The standard InChI is InChI=1S/C6H10BO2S/c1-7-10(8,9)6-3-2-5(6)4-6/h5H,2-4H2,1H3. The molecule has 2 aliphatic rings. The first-order valence-electron chi connectivity index (χ1n) is 3.66. The van der Waals surface area contributed by atoms with Gasteiger partial charge in [-0.2, -0.15) is 0 Å². The summed E-state index contributed by atoms with van der Waals surface area (Å²) in [4.78, 5) is 0. The molecule has 0 aromatic heterocycles. The highest BCUT2D eigenvalue weighted by molar-refractivity contribution is 8.16. The lowest BCUT2D eigenvalue weighted by Gasteiger charge is -2.24. The third-order valence-corrected chi connectivity index (χ3v) is 5.43. The van der Waals surface area contributed by atoms with Crippen LogP contribution in [-0.4, -0.2) is 19.7 Å². The van der Waals surface area contributed by atoms with Gasteiger partial charge >= 0.3 is 0 Å². The first kappa shape index (κ1) is 6.71. The van der Waals surface area contributed by atoms with Crippen molar-refractivity contribution in [3.63, 3.8) is 0 Å². The molecule has 2 atom stereocenters. The van der Waals surface area contributed by atoms with Crippen molar-refractivity contribution in [2.45, 2.75) is 30.8 Å². The molecule has 0 spiro atoms. The second-order valence-corrected chi connectivity index (χ2v) is 5.66. The fraction of sp³-hybridized carbons (Fsp3) is 1.00. The molecule has 0 saturated heterocycles. The fourth-order valence-electron chi connectivity index (χ4n) is 1.96. The normalized spacial score (nSPS) is 43.5. The van der Waals surface area contributed by atoms with Gasteiger partial charge in [0, 0.05) is 0 Å². The lowest BCUT2D eigenvalue weighted by Crippen LogP contribution is -2.34. The summed E-state index contributed by atoms with van der Waals surface area (Å²) in [6, 6.07) is 0. The van der Waals surface area contributed by atoms with E-state index >= 15 is 0 Å². The second-order valence-electron chi connectivity index (χ2n) is 3.29. The zero-order valence-corrected chi connectivity index (χ0v) is 6.82. The van der Waals surface area contributed by atoms with E-state index in [4.69, 9.17) is 0 Å². The quantitative estimate of drug-likeness (QED) is 0.550. The Kier molecular flexibility index (Phi) is 1.07. The molecule has 0 aliphatic heterocycles. The van der Waals surface area contributed by atoms with Gasteiger partial charge in [-0.15, -0.1) is 0 Å². The van der Waals surface area contributed by atoms with Crippen LogP contribution >= 0.6 is 0 Å². The van der Waals surface area contributed by atoms with E-state index in [2.05, 4.69) is 0 Å². The van der Waals surface area contributed by atoms with Crippen LogP contribution in [0.25, 0.3) is 0 Å². The molecular formula is C6H10BO2S. The van der Waals surface area contributed by atoms with Crippen LogP contribution in [0.2, 0.25) is 6.82 Å². The Morgan fingerprint density at radius 2 is 2.30 bits per heavy atom. The van der Waals surface area contributed by atoms with Gasteiger partial charge in [0.25, 0.3) is 6.56 Å². The van der Waals surface area contributed by atoms with Crippen LogP contribution in [0, 0.1) is 5.92 Å². The van der Waals surface area contributed by atoms with Gasteiger partial charge in [-0.1, -0.05) is 6.82 Å². The molecule has 2 unspecified atom stereocenters. The van der Waals surface area contributed by atoms with Crippen molar-refractivity contribution in [1.29, 1.82) is 0 Å². The van der Waals surface area contributed by atoms with E-state index in [1.54, 1.807) is 6.82 Å². The van der Waals surface area contributed by atoms with E-state index in [-0.39, 0.29) is 4.75 Å². The van der Waals surface area contributed by atoms with Gasteiger partial charge in [0.2, 0.25) is 0 Å². The van der Waals surface area contributed by atoms with Gasteiger partial charge in [0.05, 0.1) is 4.75 Å². The van der Waals surface area contributed by atoms with Gasteiger partial charge in [0.15, 0.2) is 0 Å². The summed E-state index contributed by atoms with van der Waals surface area (Å²) in [5.41, 5.74) is 0. The Labute approximate surface area is 62.1 Å². The number of hydrogen-bond donors (Lipinski definition) is 0.